The first kappa shape index (κ1) is 46.2. The van der Waals surface area contributed by atoms with Crippen molar-refractivity contribution in [2.45, 2.75) is 174 Å². The third-order valence-electron chi connectivity index (χ3n) is 8.32. The second kappa shape index (κ2) is 32.4. The van der Waals surface area contributed by atoms with Crippen molar-refractivity contribution < 1.29 is 37.3 Å². The van der Waals surface area contributed by atoms with Crippen molar-refractivity contribution in [1.82, 2.24) is 0 Å². The van der Waals surface area contributed by atoms with Crippen LogP contribution in [0.1, 0.15) is 168 Å². The Morgan fingerprint density at radius 1 is 0.638 bits per heavy atom. The first-order chi connectivity index (χ1) is 22.6. The summed E-state index contributed by atoms with van der Waals surface area (Å²) < 4.78 is 34.0. The first-order valence-electron chi connectivity index (χ1n) is 19.4. The molecule has 47 heavy (non-hydrogen) atoms. The van der Waals surface area contributed by atoms with E-state index in [1.165, 1.54) is 116 Å². The number of phosphoric acid groups is 1. The molecule has 0 amide bonds. The number of carbonyl (C=O) groups excluding carboxylic acids is 1. The molecule has 0 aliphatic carbocycles. The van der Waals surface area contributed by atoms with E-state index in [9.17, 15) is 14.3 Å². The fraction of sp³-hybridized carbons (Fsp3) is 0.921. The summed E-state index contributed by atoms with van der Waals surface area (Å²) in [6, 6.07) is 0. The molecule has 0 aromatic rings. The van der Waals surface area contributed by atoms with Crippen molar-refractivity contribution >= 4 is 13.8 Å². The lowest BCUT2D eigenvalue weighted by molar-refractivity contribution is -0.870. The molecule has 8 nitrogen and oxygen atoms in total. The number of hydrogen-bond donors (Lipinski definition) is 0. The van der Waals surface area contributed by atoms with Crippen LogP contribution in [0, 0.1) is 0 Å². The molecule has 2 unspecified atom stereocenters. The molecule has 0 spiro atoms. The van der Waals surface area contributed by atoms with Crippen molar-refractivity contribution in [2.24, 2.45) is 0 Å². The zero-order valence-electron chi connectivity index (χ0n) is 31.5. The van der Waals surface area contributed by atoms with E-state index in [4.69, 9.17) is 18.5 Å². The zero-order valence-corrected chi connectivity index (χ0v) is 32.4. The normalized spacial score (nSPS) is 14.1. The van der Waals surface area contributed by atoms with E-state index < -0.39 is 13.9 Å². The summed E-state index contributed by atoms with van der Waals surface area (Å²) >= 11 is 0. The fourth-order valence-electron chi connectivity index (χ4n) is 5.25. The maximum absolute atomic E-state index is 12.3. The average Bonchev–Trinajstić information content (AvgIpc) is 3.01. The van der Waals surface area contributed by atoms with E-state index in [2.05, 4.69) is 26.0 Å². The largest absolute Gasteiger partial charge is 0.756 e. The number of esters is 1. The molecular weight excluding hydrogens is 613 g/mol. The van der Waals surface area contributed by atoms with E-state index in [-0.39, 0.29) is 25.8 Å². The van der Waals surface area contributed by atoms with Gasteiger partial charge in [0.1, 0.15) is 19.3 Å². The number of carbonyl (C=O) groups is 1. The van der Waals surface area contributed by atoms with Crippen LogP contribution < -0.4 is 4.89 Å². The molecule has 0 saturated carbocycles. The zero-order chi connectivity index (χ0) is 34.9. The van der Waals surface area contributed by atoms with E-state index in [1.807, 2.05) is 21.1 Å². The van der Waals surface area contributed by atoms with Gasteiger partial charge in [-0.15, -0.1) is 0 Å². The van der Waals surface area contributed by atoms with Crippen LogP contribution in [0.5, 0.6) is 0 Å². The van der Waals surface area contributed by atoms with Gasteiger partial charge in [0.15, 0.2) is 0 Å². The third kappa shape index (κ3) is 36.3. The van der Waals surface area contributed by atoms with E-state index >= 15 is 0 Å². The quantitative estimate of drug-likeness (QED) is 0.0212. The Kier molecular flexibility index (Phi) is 31.9. The monoisotopic (exact) mass is 690 g/mol. The molecule has 0 rings (SSSR count). The molecular formula is C38H76NO7P. The van der Waals surface area contributed by atoms with Crippen molar-refractivity contribution in [3.8, 4) is 0 Å². The lowest BCUT2D eigenvalue weighted by atomic mass is 10.1. The van der Waals surface area contributed by atoms with Gasteiger partial charge in [0.05, 0.1) is 34.4 Å². The first-order valence-corrected chi connectivity index (χ1v) is 20.9. The summed E-state index contributed by atoms with van der Waals surface area (Å²) in [6.07, 6.45) is 33.1. The van der Waals surface area contributed by atoms with Gasteiger partial charge >= 0.3 is 5.97 Å². The molecule has 9 heteroatoms. The fourth-order valence-corrected chi connectivity index (χ4v) is 5.97. The van der Waals surface area contributed by atoms with Gasteiger partial charge in [-0.25, -0.2) is 0 Å². The summed E-state index contributed by atoms with van der Waals surface area (Å²) in [5.41, 5.74) is 0. The predicted octanol–water partition coefficient (Wildman–Crippen LogP) is 10.1. The number of unbranched alkanes of at least 4 members (excludes halogenated alkanes) is 20. The van der Waals surface area contributed by atoms with Crippen molar-refractivity contribution in [1.29, 1.82) is 0 Å². The molecule has 0 bridgehead atoms. The SMILES string of the molecule is CCCCCCCCCC/C=C\CCCCCCCCCCCCOCC(COP(=O)([O-])OCC[N+](C)(C)C)OC(=O)CCCCC. The molecule has 0 aromatic carbocycles. The maximum Gasteiger partial charge on any atom is 0.306 e. The van der Waals surface area contributed by atoms with Crippen LogP contribution in [-0.2, 0) is 27.9 Å². The Morgan fingerprint density at radius 3 is 1.62 bits per heavy atom. The molecule has 0 N–H and O–H groups in total. The van der Waals surface area contributed by atoms with Crippen LogP contribution in [0.15, 0.2) is 12.2 Å². The molecule has 280 valence electrons. The number of phosphoric ester groups is 1. The molecule has 0 aliphatic heterocycles. The highest BCUT2D eigenvalue weighted by atomic mass is 31.2. The van der Waals surface area contributed by atoms with Gasteiger partial charge in [0.25, 0.3) is 7.82 Å². The number of hydrogen-bond acceptors (Lipinski definition) is 7. The minimum atomic E-state index is -4.50. The minimum absolute atomic E-state index is 0.0274. The number of likely N-dealkylation sites (N-methyl/N-ethyl adjacent to an activating group) is 1. The van der Waals surface area contributed by atoms with Gasteiger partial charge in [-0.1, -0.05) is 135 Å². The molecule has 0 aliphatic rings. The smallest absolute Gasteiger partial charge is 0.306 e. The Bertz CT molecular complexity index is 772. The second-order valence-electron chi connectivity index (χ2n) is 14.3. The topological polar surface area (TPSA) is 94.1 Å². The van der Waals surface area contributed by atoms with Crippen LogP contribution >= 0.6 is 7.82 Å². The summed E-state index contributed by atoms with van der Waals surface area (Å²) in [6.45, 7) is 5.24. The van der Waals surface area contributed by atoms with Crippen LogP contribution in [0.2, 0.25) is 0 Å². The van der Waals surface area contributed by atoms with Gasteiger partial charge in [0, 0.05) is 13.0 Å². The van der Waals surface area contributed by atoms with Gasteiger partial charge in [-0.2, -0.15) is 0 Å². The highest BCUT2D eigenvalue weighted by molar-refractivity contribution is 7.45. The van der Waals surface area contributed by atoms with Gasteiger partial charge < -0.3 is 27.9 Å². The predicted molar refractivity (Wildman–Crippen MR) is 194 cm³/mol. The Labute approximate surface area is 290 Å². The summed E-state index contributed by atoms with van der Waals surface area (Å²) in [4.78, 5) is 24.4. The number of ether oxygens (including phenoxy) is 2. The molecule has 2 atom stereocenters. The maximum atomic E-state index is 12.3. The van der Waals surface area contributed by atoms with E-state index in [0.717, 1.165) is 32.1 Å². The highest BCUT2D eigenvalue weighted by Crippen LogP contribution is 2.38. The number of allylic oxidation sites excluding steroid dienone is 2. The average molecular weight is 690 g/mol. The van der Waals surface area contributed by atoms with Crippen molar-refractivity contribution in [2.75, 3.05) is 54.1 Å². The Hall–Kier alpha value is -0.760. The Morgan fingerprint density at radius 2 is 1.11 bits per heavy atom. The van der Waals surface area contributed by atoms with Crippen molar-refractivity contribution in [3.05, 3.63) is 12.2 Å². The van der Waals surface area contributed by atoms with E-state index in [1.54, 1.807) is 0 Å². The van der Waals surface area contributed by atoms with Gasteiger partial charge in [0.2, 0.25) is 0 Å². The van der Waals surface area contributed by atoms with Gasteiger partial charge in [-0.05, 0) is 38.5 Å². The van der Waals surface area contributed by atoms with Crippen LogP contribution in [0.4, 0.5) is 0 Å². The van der Waals surface area contributed by atoms with Crippen molar-refractivity contribution in [3.63, 3.8) is 0 Å². The third-order valence-corrected chi connectivity index (χ3v) is 9.28. The van der Waals surface area contributed by atoms with Crippen LogP contribution in [-0.4, -0.2) is 70.7 Å². The Balaban J connectivity index is 3.87. The standard InChI is InChI=1S/C38H76NO7P/c1-6-8-10-11-12-13-14-15-16-17-18-19-20-21-22-23-24-25-26-27-28-30-33-43-35-37(46-38(40)31-29-9-7-2)36-45-47(41,42)44-34-32-39(3,4)5/h17-18,37H,6-16,19-36H2,1-5H3/b18-17-. The minimum Gasteiger partial charge on any atom is -0.756 e. The molecule has 0 heterocycles. The summed E-state index contributed by atoms with van der Waals surface area (Å²) in [5.74, 6) is -0.358. The van der Waals surface area contributed by atoms with Crippen LogP contribution in [0.3, 0.4) is 0 Å². The van der Waals surface area contributed by atoms with Crippen LogP contribution in [0.25, 0.3) is 0 Å². The second-order valence-corrected chi connectivity index (χ2v) is 15.7. The number of quaternary nitrogens is 1. The highest BCUT2D eigenvalue weighted by Gasteiger charge is 2.20. The lowest BCUT2D eigenvalue weighted by Crippen LogP contribution is -2.37. The molecule has 0 saturated heterocycles. The molecule has 0 radical (unpaired) electrons. The number of rotatable bonds is 36. The number of nitrogens with zero attached hydrogens (tertiary/aromatic N) is 1. The summed E-state index contributed by atoms with van der Waals surface area (Å²) in [7, 11) is 1.36. The lowest BCUT2D eigenvalue weighted by Gasteiger charge is -2.28. The summed E-state index contributed by atoms with van der Waals surface area (Å²) in [5, 5.41) is 0. The van der Waals surface area contributed by atoms with Gasteiger partial charge in [-0.3, -0.25) is 9.36 Å². The molecule has 0 fully saturated rings. The molecule has 0 aromatic heterocycles. The van der Waals surface area contributed by atoms with E-state index in [0.29, 0.717) is 24.1 Å².